The highest BCUT2D eigenvalue weighted by Gasteiger charge is 2.32. The van der Waals surface area contributed by atoms with Crippen LogP contribution in [-0.4, -0.2) is 35.7 Å². The van der Waals surface area contributed by atoms with Crippen LogP contribution in [0.4, 0.5) is 0 Å². The zero-order chi connectivity index (χ0) is 19.4. The highest BCUT2D eigenvalue weighted by molar-refractivity contribution is 5.80. The zero-order valence-electron chi connectivity index (χ0n) is 15.4. The standard InChI is InChI=1S/C21H23NO5/c1-21(2)11-15-9-6-10-17(19(15)27-21)26-13-18(23)22-12-16(20(24)25)14-7-4-3-5-8-14/h3-10,16H,11-13H2,1-2H3,(H,22,23)(H,24,25). The molecular weight excluding hydrogens is 346 g/mol. The van der Waals surface area contributed by atoms with Crippen LogP contribution in [0, 0.1) is 0 Å². The molecule has 6 nitrogen and oxygen atoms in total. The fourth-order valence-electron chi connectivity index (χ4n) is 3.14. The van der Waals surface area contributed by atoms with Gasteiger partial charge in [0, 0.05) is 18.5 Å². The van der Waals surface area contributed by atoms with E-state index in [9.17, 15) is 14.7 Å². The van der Waals surface area contributed by atoms with Crippen LogP contribution in [0.5, 0.6) is 11.5 Å². The normalized spacial score (nSPS) is 15.3. The third-order valence-corrected chi connectivity index (χ3v) is 4.42. The summed E-state index contributed by atoms with van der Waals surface area (Å²) in [6, 6.07) is 14.4. The fourth-order valence-corrected chi connectivity index (χ4v) is 3.14. The number of benzene rings is 2. The van der Waals surface area contributed by atoms with Crippen molar-refractivity contribution in [1.29, 1.82) is 0 Å². The van der Waals surface area contributed by atoms with Gasteiger partial charge in [-0.15, -0.1) is 0 Å². The maximum atomic E-state index is 12.1. The van der Waals surface area contributed by atoms with E-state index in [0.717, 1.165) is 12.0 Å². The smallest absolute Gasteiger partial charge is 0.312 e. The van der Waals surface area contributed by atoms with Crippen LogP contribution in [0.2, 0.25) is 0 Å². The molecule has 0 saturated heterocycles. The Morgan fingerprint density at radius 3 is 2.63 bits per heavy atom. The van der Waals surface area contributed by atoms with E-state index in [0.29, 0.717) is 17.1 Å². The number of para-hydroxylation sites is 1. The summed E-state index contributed by atoms with van der Waals surface area (Å²) in [7, 11) is 0. The molecule has 0 spiro atoms. The molecule has 0 aliphatic carbocycles. The van der Waals surface area contributed by atoms with E-state index < -0.39 is 11.9 Å². The molecule has 0 radical (unpaired) electrons. The van der Waals surface area contributed by atoms with Crippen LogP contribution in [0.15, 0.2) is 48.5 Å². The molecule has 1 unspecified atom stereocenters. The Labute approximate surface area is 158 Å². The molecule has 2 N–H and O–H groups in total. The second kappa shape index (κ2) is 7.70. The van der Waals surface area contributed by atoms with Gasteiger partial charge >= 0.3 is 5.97 Å². The van der Waals surface area contributed by atoms with Crippen molar-refractivity contribution in [3.63, 3.8) is 0 Å². The molecule has 2 aromatic carbocycles. The lowest BCUT2D eigenvalue weighted by molar-refractivity contribution is -0.138. The highest BCUT2D eigenvalue weighted by atomic mass is 16.5. The van der Waals surface area contributed by atoms with Crippen molar-refractivity contribution >= 4 is 11.9 Å². The van der Waals surface area contributed by atoms with E-state index in [4.69, 9.17) is 9.47 Å². The van der Waals surface area contributed by atoms with E-state index in [1.807, 2.05) is 32.0 Å². The van der Waals surface area contributed by atoms with Gasteiger partial charge in [-0.1, -0.05) is 42.5 Å². The van der Waals surface area contributed by atoms with Crippen molar-refractivity contribution in [3.8, 4) is 11.5 Å². The number of ether oxygens (including phenoxy) is 2. The maximum Gasteiger partial charge on any atom is 0.312 e. The van der Waals surface area contributed by atoms with Crippen molar-refractivity contribution in [3.05, 3.63) is 59.7 Å². The summed E-state index contributed by atoms with van der Waals surface area (Å²) in [5.74, 6) is -0.986. The van der Waals surface area contributed by atoms with Crippen molar-refractivity contribution in [1.82, 2.24) is 5.32 Å². The number of hydrogen-bond donors (Lipinski definition) is 2. The first-order valence-corrected chi connectivity index (χ1v) is 8.84. The predicted molar refractivity (Wildman–Crippen MR) is 100 cm³/mol. The lowest BCUT2D eigenvalue weighted by Crippen LogP contribution is -2.34. The van der Waals surface area contributed by atoms with Gasteiger partial charge in [-0.05, 0) is 25.5 Å². The molecular formula is C21H23NO5. The minimum atomic E-state index is -0.987. The molecule has 0 aromatic heterocycles. The maximum absolute atomic E-state index is 12.1. The molecule has 1 aliphatic heterocycles. The molecule has 27 heavy (non-hydrogen) atoms. The lowest BCUT2D eigenvalue weighted by atomic mass is 9.99. The van der Waals surface area contributed by atoms with Crippen LogP contribution in [-0.2, 0) is 16.0 Å². The first-order chi connectivity index (χ1) is 12.9. The largest absolute Gasteiger partial charge is 0.483 e. The predicted octanol–water partition coefficient (Wildman–Crippen LogP) is 2.76. The minimum absolute atomic E-state index is 0.00202. The Morgan fingerprint density at radius 2 is 1.93 bits per heavy atom. The van der Waals surface area contributed by atoms with Crippen LogP contribution in [0.1, 0.15) is 30.9 Å². The molecule has 0 fully saturated rings. The number of aliphatic carboxylic acids is 1. The summed E-state index contributed by atoms with van der Waals surface area (Å²) in [4.78, 5) is 23.6. The topological polar surface area (TPSA) is 84.9 Å². The number of carbonyl (C=O) groups is 2. The molecule has 1 heterocycles. The van der Waals surface area contributed by atoms with Crippen LogP contribution in [0.3, 0.4) is 0 Å². The Kier molecular flexibility index (Phi) is 5.35. The van der Waals surface area contributed by atoms with Gasteiger partial charge in [-0.25, -0.2) is 0 Å². The monoisotopic (exact) mass is 369 g/mol. The molecule has 6 heteroatoms. The Morgan fingerprint density at radius 1 is 1.19 bits per heavy atom. The van der Waals surface area contributed by atoms with E-state index in [1.165, 1.54) is 0 Å². The summed E-state index contributed by atoms with van der Waals surface area (Å²) >= 11 is 0. The van der Waals surface area contributed by atoms with Gasteiger partial charge in [-0.3, -0.25) is 9.59 Å². The quantitative estimate of drug-likeness (QED) is 0.784. The second-order valence-electron chi connectivity index (χ2n) is 7.18. The minimum Gasteiger partial charge on any atom is -0.483 e. The number of carboxylic acids is 1. The highest BCUT2D eigenvalue weighted by Crippen LogP contribution is 2.41. The summed E-state index contributed by atoms with van der Waals surface area (Å²) in [6.45, 7) is 3.79. The average Bonchev–Trinajstić information content (AvgIpc) is 2.95. The first kappa shape index (κ1) is 18.8. The van der Waals surface area contributed by atoms with Crippen molar-refractivity contribution in [2.75, 3.05) is 13.2 Å². The van der Waals surface area contributed by atoms with Crippen LogP contribution in [0.25, 0.3) is 0 Å². The lowest BCUT2D eigenvalue weighted by Gasteiger charge is -2.18. The van der Waals surface area contributed by atoms with Gasteiger partial charge in [0.2, 0.25) is 0 Å². The first-order valence-electron chi connectivity index (χ1n) is 8.84. The summed E-state index contributed by atoms with van der Waals surface area (Å²) in [6.07, 6.45) is 0.781. The van der Waals surface area contributed by atoms with Crippen molar-refractivity contribution in [2.45, 2.75) is 31.8 Å². The average molecular weight is 369 g/mol. The van der Waals surface area contributed by atoms with E-state index >= 15 is 0 Å². The fraction of sp³-hybridized carbons (Fsp3) is 0.333. The number of carbonyl (C=O) groups excluding carboxylic acids is 1. The van der Waals surface area contributed by atoms with Gasteiger partial charge in [0.25, 0.3) is 5.91 Å². The Hall–Kier alpha value is -3.02. The summed E-state index contributed by atoms with van der Waals surface area (Å²) < 4.78 is 11.5. The molecule has 1 atom stereocenters. The van der Waals surface area contributed by atoms with Gasteiger partial charge in [0.05, 0.1) is 5.92 Å². The number of amides is 1. The molecule has 0 saturated carbocycles. The summed E-state index contributed by atoms with van der Waals surface area (Å²) in [5, 5.41) is 12.0. The van der Waals surface area contributed by atoms with E-state index in [2.05, 4.69) is 5.32 Å². The molecule has 2 aromatic rings. The van der Waals surface area contributed by atoms with Gasteiger partial charge in [-0.2, -0.15) is 0 Å². The number of rotatable bonds is 7. The third kappa shape index (κ3) is 4.58. The number of nitrogens with one attached hydrogen (secondary N) is 1. The SMILES string of the molecule is CC1(C)Cc2cccc(OCC(=O)NCC(C(=O)O)c3ccccc3)c2O1. The van der Waals surface area contributed by atoms with Crippen molar-refractivity contribution in [2.24, 2.45) is 0 Å². The van der Waals surface area contributed by atoms with Crippen LogP contribution < -0.4 is 14.8 Å². The number of carboxylic acid groups (broad SMARTS) is 1. The van der Waals surface area contributed by atoms with E-state index in [1.54, 1.807) is 30.3 Å². The van der Waals surface area contributed by atoms with Gasteiger partial charge in [0.15, 0.2) is 18.1 Å². The number of fused-ring (bicyclic) bond motifs is 1. The van der Waals surface area contributed by atoms with Crippen LogP contribution >= 0.6 is 0 Å². The molecule has 1 amide bonds. The molecule has 3 rings (SSSR count). The summed E-state index contributed by atoms with van der Waals surface area (Å²) in [5.41, 5.74) is 1.39. The van der Waals surface area contributed by atoms with E-state index in [-0.39, 0.29) is 24.7 Å². The van der Waals surface area contributed by atoms with Gasteiger partial charge < -0.3 is 19.9 Å². The molecule has 0 bridgehead atoms. The third-order valence-electron chi connectivity index (χ3n) is 4.42. The molecule has 142 valence electrons. The Balaban J connectivity index is 1.57. The zero-order valence-corrected chi connectivity index (χ0v) is 15.4. The Bertz CT molecular complexity index is 832. The molecule has 1 aliphatic rings. The second-order valence-corrected chi connectivity index (χ2v) is 7.18. The van der Waals surface area contributed by atoms with Gasteiger partial charge in [0.1, 0.15) is 5.60 Å². The van der Waals surface area contributed by atoms with Crippen molar-refractivity contribution < 1.29 is 24.2 Å². The number of hydrogen-bond acceptors (Lipinski definition) is 4.